The van der Waals surface area contributed by atoms with E-state index in [4.69, 9.17) is 10.3 Å². The maximum absolute atomic E-state index is 5.80. The van der Waals surface area contributed by atoms with E-state index in [1.165, 1.54) is 0 Å². The van der Waals surface area contributed by atoms with Gasteiger partial charge >= 0.3 is 0 Å². The molecule has 0 aliphatic carbocycles. The Hall–Kier alpha value is -0.900. The van der Waals surface area contributed by atoms with Crippen molar-refractivity contribution in [2.75, 3.05) is 0 Å². The maximum Gasteiger partial charge on any atom is 0.229 e. The fourth-order valence-electron chi connectivity index (χ4n) is 1.05. The molecule has 0 radical (unpaired) electrons. The third-order valence-electron chi connectivity index (χ3n) is 2.62. The van der Waals surface area contributed by atoms with Gasteiger partial charge in [-0.2, -0.15) is 4.98 Å². The third kappa shape index (κ3) is 2.32. The fraction of sp³-hybridized carbons (Fsp3) is 0.800. The van der Waals surface area contributed by atoms with E-state index in [2.05, 4.69) is 30.9 Å². The van der Waals surface area contributed by atoms with Gasteiger partial charge in [-0.15, -0.1) is 0 Å². The Morgan fingerprint density at radius 3 is 2.50 bits per heavy atom. The molecule has 1 heterocycles. The summed E-state index contributed by atoms with van der Waals surface area (Å²) in [4.78, 5) is 4.30. The molecule has 14 heavy (non-hydrogen) atoms. The van der Waals surface area contributed by atoms with Crippen LogP contribution in [-0.4, -0.2) is 10.1 Å². The van der Waals surface area contributed by atoms with E-state index in [9.17, 15) is 0 Å². The standard InChI is InChI=1S/C10H19N3O/c1-5-8(11)9-12-10(14-13-9)7(4)6(2)3/h6-8H,5,11H2,1-4H3. The second-order valence-corrected chi connectivity index (χ2v) is 4.04. The SMILES string of the molecule is CCC(N)c1noc(C(C)C(C)C)n1. The lowest BCUT2D eigenvalue weighted by Crippen LogP contribution is -2.11. The molecule has 0 bridgehead atoms. The van der Waals surface area contributed by atoms with Crippen LogP contribution in [-0.2, 0) is 0 Å². The Balaban J connectivity index is 2.77. The first-order valence-electron chi connectivity index (χ1n) is 5.15. The molecule has 80 valence electrons. The molecule has 0 spiro atoms. The van der Waals surface area contributed by atoms with Crippen molar-refractivity contribution < 1.29 is 4.52 Å². The van der Waals surface area contributed by atoms with Crippen molar-refractivity contribution in [2.45, 2.75) is 46.1 Å². The molecule has 2 unspecified atom stereocenters. The second-order valence-electron chi connectivity index (χ2n) is 4.04. The summed E-state index contributed by atoms with van der Waals surface area (Å²) in [6.45, 7) is 8.36. The minimum Gasteiger partial charge on any atom is -0.339 e. The van der Waals surface area contributed by atoms with Gasteiger partial charge in [-0.25, -0.2) is 0 Å². The van der Waals surface area contributed by atoms with E-state index in [1.807, 2.05) is 6.92 Å². The monoisotopic (exact) mass is 197 g/mol. The molecule has 4 nitrogen and oxygen atoms in total. The molecular formula is C10H19N3O. The number of hydrogen-bond acceptors (Lipinski definition) is 4. The molecule has 0 saturated heterocycles. The lowest BCUT2D eigenvalue weighted by atomic mass is 9.98. The molecule has 0 saturated carbocycles. The number of nitrogens with zero attached hydrogens (tertiary/aromatic N) is 2. The summed E-state index contributed by atoms with van der Waals surface area (Å²) in [6, 6.07) is -0.105. The van der Waals surface area contributed by atoms with Crippen molar-refractivity contribution in [1.82, 2.24) is 10.1 Å². The molecule has 2 N–H and O–H groups in total. The number of nitrogens with two attached hydrogens (primary N) is 1. The van der Waals surface area contributed by atoms with Crippen molar-refractivity contribution in [1.29, 1.82) is 0 Å². The van der Waals surface area contributed by atoms with Crippen molar-refractivity contribution in [3.05, 3.63) is 11.7 Å². The normalized spacial score (nSPS) is 15.9. The minimum atomic E-state index is -0.105. The second kappa shape index (κ2) is 4.55. The van der Waals surface area contributed by atoms with Crippen LogP contribution in [0.3, 0.4) is 0 Å². The molecule has 0 aliphatic heterocycles. The molecule has 1 aromatic rings. The number of hydrogen-bond donors (Lipinski definition) is 1. The van der Waals surface area contributed by atoms with Crippen molar-refractivity contribution in [3.8, 4) is 0 Å². The van der Waals surface area contributed by atoms with Gasteiger partial charge in [-0.05, 0) is 12.3 Å². The summed E-state index contributed by atoms with van der Waals surface area (Å²) < 4.78 is 5.17. The fourth-order valence-corrected chi connectivity index (χ4v) is 1.05. The number of aromatic nitrogens is 2. The molecule has 0 amide bonds. The quantitative estimate of drug-likeness (QED) is 0.803. The van der Waals surface area contributed by atoms with Crippen LogP contribution in [0.5, 0.6) is 0 Å². The lowest BCUT2D eigenvalue weighted by molar-refractivity contribution is 0.327. The molecule has 2 atom stereocenters. The van der Waals surface area contributed by atoms with Crippen molar-refractivity contribution in [3.63, 3.8) is 0 Å². The van der Waals surface area contributed by atoms with Gasteiger partial charge in [0.05, 0.1) is 6.04 Å². The predicted molar refractivity (Wildman–Crippen MR) is 54.8 cm³/mol. The summed E-state index contributed by atoms with van der Waals surface area (Å²) in [7, 11) is 0. The molecular weight excluding hydrogens is 178 g/mol. The summed E-state index contributed by atoms with van der Waals surface area (Å²) in [5, 5.41) is 3.88. The smallest absolute Gasteiger partial charge is 0.229 e. The van der Waals surface area contributed by atoms with Crippen LogP contribution < -0.4 is 5.73 Å². The third-order valence-corrected chi connectivity index (χ3v) is 2.62. The van der Waals surface area contributed by atoms with Crippen LogP contribution >= 0.6 is 0 Å². The zero-order valence-corrected chi connectivity index (χ0v) is 9.32. The Morgan fingerprint density at radius 1 is 1.36 bits per heavy atom. The predicted octanol–water partition coefficient (Wildman–Crippen LogP) is 2.24. The maximum atomic E-state index is 5.80. The average molecular weight is 197 g/mol. The Kier molecular flexibility index (Phi) is 3.63. The molecule has 1 rings (SSSR count). The first-order chi connectivity index (χ1) is 6.56. The van der Waals surface area contributed by atoms with Crippen LogP contribution in [0.15, 0.2) is 4.52 Å². The van der Waals surface area contributed by atoms with Crippen LogP contribution in [0.2, 0.25) is 0 Å². The Morgan fingerprint density at radius 2 is 2.00 bits per heavy atom. The van der Waals surface area contributed by atoms with E-state index in [0.717, 1.165) is 6.42 Å². The molecule has 0 fully saturated rings. The highest BCUT2D eigenvalue weighted by molar-refractivity contribution is 4.97. The van der Waals surface area contributed by atoms with E-state index < -0.39 is 0 Å². The summed E-state index contributed by atoms with van der Waals surface area (Å²) in [6.07, 6.45) is 0.828. The van der Waals surface area contributed by atoms with Gasteiger partial charge in [-0.1, -0.05) is 32.9 Å². The molecule has 1 aromatic heterocycles. The molecule has 4 heteroatoms. The largest absolute Gasteiger partial charge is 0.339 e. The van der Waals surface area contributed by atoms with Crippen LogP contribution in [0.25, 0.3) is 0 Å². The highest BCUT2D eigenvalue weighted by atomic mass is 16.5. The Bertz CT molecular complexity index is 283. The van der Waals surface area contributed by atoms with E-state index >= 15 is 0 Å². The Labute approximate surface area is 84.9 Å². The van der Waals surface area contributed by atoms with Crippen LogP contribution in [0.4, 0.5) is 0 Å². The van der Waals surface area contributed by atoms with Crippen molar-refractivity contribution in [2.24, 2.45) is 11.7 Å². The first kappa shape index (κ1) is 11.2. The minimum absolute atomic E-state index is 0.105. The van der Waals surface area contributed by atoms with Crippen LogP contribution in [0, 0.1) is 5.92 Å². The van der Waals surface area contributed by atoms with E-state index in [0.29, 0.717) is 23.6 Å². The molecule has 0 aliphatic rings. The number of rotatable bonds is 4. The summed E-state index contributed by atoms with van der Waals surface area (Å²) in [5.74, 6) is 2.11. The van der Waals surface area contributed by atoms with Gasteiger partial charge in [0.1, 0.15) is 0 Å². The molecule has 0 aromatic carbocycles. The van der Waals surface area contributed by atoms with Gasteiger partial charge in [0.2, 0.25) is 5.89 Å². The van der Waals surface area contributed by atoms with Gasteiger partial charge in [0.25, 0.3) is 0 Å². The van der Waals surface area contributed by atoms with Gasteiger partial charge < -0.3 is 10.3 Å². The van der Waals surface area contributed by atoms with Gasteiger partial charge in [0.15, 0.2) is 5.82 Å². The van der Waals surface area contributed by atoms with Gasteiger partial charge in [0, 0.05) is 5.92 Å². The summed E-state index contributed by atoms with van der Waals surface area (Å²) >= 11 is 0. The van der Waals surface area contributed by atoms with Crippen LogP contribution in [0.1, 0.15) is 57.8 Å². The van der Waals surface area contributed by atoms with Gasteiger partial charge in [-0.3, -0.25) is 0 Å². The van der Waals surface area contributed by atoms with E-state index in [-0.39, 0.29) is 6.04 Å². The zero-order chi connectivity index (χ0) is 10.7. The highest BCUT2D eigenvalue weighted by Crippen LogP contribution is 2.22. The highest BCUT2D eigenvalue weighted by Gasteiger charge is 2.19. The van der Waals surface area contributed by atoms with Crippen molar-refractivity contribution >= 4 is 0 Å². The average Bonchev–Trinajstić information content (AvgIpc) is 2.64. The lowest BCUT2D eigenvalue weighted by Gasteiger charge is -2.09. The topological polar surface area (TPSA) is 64.9 Å². The first-order valence-corrected chi connectivity index (χ1v) is 5.15. The summed E-state index contributed by atoms with van der Waals surface area (Å²) in [5.41, 5.74) is 5.80. The van der Waals surface area contributed by atoms with E-state index in [1.54, 1.807) is 0 Å². The zero-order valence-electron chi connectivity index (χ0n) is 9.32.